The highest BCUT2D eigenvalue weighted by molar-refractivity contribution is 5.97. The highest BCUT2D eigenvalue weighted by Gasteiger charge is 2.30. The number of hydrogen-bond acceptors (Lipinski definition) is 7. The summed E-state index contributed by atoms with van der Waals surface area (Å²) in [5.74, 6) is -0.408. The van der Waals surface area contributed by atoms with E-state index < -0.39 is 11.7 Å². The van der Waals surface area contributed by atoms with Gasteiger partial charge in [0.15, 0.2) is 17.3 Å². The van der Waals surface area contributed by atoms with Gasteiger partial charge in [-0.1, -0.05) is 17.3 Å². The summed E-state index contributed by atoms with van der Waals surface area (Å²) < 4.78 is 43.6. The van der Waals surface area contributed by atoms with Gasteiger partial charge in [-0.15, -0.1) is 0 Å². The third-order valence-electron chi connectivity index (χ3n) is 3.74. The number of aryl methyl sites for hydroxylation is 1. The summed E-state index contributed by atoms with van der Waals surface area (Å²) in [7, 11) is 0. The molecular formula is C17H14F3N5O3. The van der Waals surface area contributed by atoms with Crippen LogP contribution in [0.1, 0.15) is 17.0 Å². The van der Waals surface area contributed by atoms with Gasteiger partial charge in [-0.25, -0.2) is 4.98 Å². The fraction of sp³-hybridized carbons (Fsp3) is 0.118. The van der Waals surface area contributed by atoms with Gasteiger partial charge >= 0.3 is 6.18 Å². The van der Waals surface area contributed by atoms with Crippen LogP contribution in [0.5, 0.6) is 5.75 Å². The minimum atomic E-state index is -4.42. The number of oxazole rings is 1. The normalized spacial score (nSPS) is 12.2. The lowest BCUT2D eigenvalue weighted by atomic mass is 10.1. The zero-order valence-electron chi connectivity index (χ0n) is 14.3. The molecule has 0 radical (unpaired) electrons. The molecule has 28 heavy (non-hydrogen) atoms. The zero-order chi connectivity index (χ0) is 20.5. The lowest BCUT2D eigenvalue weighted by Crippen LogP contribution is -2.15. The maximum absolute atomic E-state index is 12.7. The summed E-state index contributed by atoms with van der Waals surface area (Å²) in [6.07, 6.45) is -3.13. The minimum Gasteiger partial charge on any atom is -0.505 e. The lowest BCUT2D eigenvalue weighted by molar-refractivity contribution is -0.137. The first-order chi connectivity index (χ1) is 13.2. The molecule has 0 saturated carbocycles. The van der Waals surface area contributed by atoms with Crippen LogP contribution in [0.25, 0.3) is 11.3 Å². The Kier molecular flexibility index (Phi) is 4.82. The quantitative estimate of drug-likeness (QED) is 0.231. The Bertz CT molecular complexity index is 1030. The molecule has 0 spiro atoms. The summed E-state index contributed by atoms with van der Waals surface area (Å²) in [5, 5.41) is 24.0. The van der Waals surface area contributed by atoms with Gasteiger partial charge in [-0.3, -0.25) is 0 Å². The van der Waals surface area contributed by atoms with Crippen molar-refractivity contribution >= 4 is 17.5 Å². The minimum absolute atomic E-state index is 0.0464. The number of alkyl halides is 3. The second kappa shape index (κ2) is 7.10. The molecule has 1 aromatic carbocycles. The number of pyridine rings is 1. The van der Waals surface area contributed by atoms with Crippen molar-refractivity contribution in [2.75, 3.05) is 5.32 Å². The molecule has 146 valence electrons. The van der Waals surface area contributed by atoms with E-state index in [1.807, 2.05) is 0 Å². The topological polar surface area (TPSA) is 130 Å². The van der Waals surface area contributed by atoms with Gasteiger partial charge in [0, 0.05) is 11.6 Å². The predicted molar refractivity (Wildman–Crippen MR) is 93.4 cm³/mol. The molecule has 0 amide bonds. The number of halogens is 3. The Hall–Kier alpha value is -3.76. The van der Waals surface area contributed by atoms with Crippen molar-refractivity contribution in [3.63, 3.8) is 0 Å². The van der Waals surface area contributed by atoms with Crippen molar-refractivity contribution in [2.45, 2.75) is 13.1 Å². The van der Waals surface area contributed by atoms with Crippen LogP contribution in [0, 0.1) is 6.92 Å². The third-order valence-corrected chi connectivity index (χ3v) is 3.74. The van der Waals surface area contributed by atoms with Crippen LogP contribution in [-0.4, -0.2) is 26.1 Å². The first-order valence-electron chi connectivity index (χ1n) is 7.78. The maximum Gasteiger partial charge on any atom is 0.416 e. The van der Waals surface area contributed by atoms with Crippen LogP contribution < -0.4 is 11.1 Å². The molecule has 8 nitrogen and oxygen atoms in total. The van der Waals surface area contributed by atoms with Gasteiger partial charge in [-0.05, 0) is 19.1 Å². The van der Waals surface area contributed by atoms with Crippen LogP contribution >= 0.6 is 0 Å². The summed E-state index contributed by atoms with van der Waals surface area (Å²) >= 11 is 0. The van der Waals surface area contributed by atoms with Crippen molar-refractivity contribution in [2.24, 2.45) is 10.9 Å². The molecule has 0 aliphatic carbocycles. The van der Waals surface area contributed by atoms with E-state index in [-0.39, 0.29) is 23.3 Å². The maximum atomic E-state index is 12.7. The van der Waals surface area contributed by atoms with Crippen LogP contribution in [0.3, 0.4) is 0 Å². The standard InChI is InChI=1S/C17H14F3N5O3/c1-8-14(9-2-4-10(5-3-9)17(18,19)20)28-16(23-8)24-11-6-12(26)13(22-7-11)15(21)25-27/h2-7,26-27H,1H3,(H2,21,25)(H,23,24). The van der Waals surface area contributed by atoms with Crippen molar-refractivity contribution in [3.8, 4) is 17.1 Å². The molecule has 2 heterocycles. The highest BCUT2D eigenvalue weighted by atomic mass is 19.4. The number of aromatic hydroxyl groups is 1. The summed E-state index contributed by atoms with van der Waals surface area (Å²) in [6.45, 7) is 1.64. The molecule has 0 unspecified atom stereocenters. The fourth-order valence-corrected chi connectivity index (χ4v) is 2.42. The SMILES string of the molecule is Cc1nc(Nc2cnc(C(N)=NO)c(O)c2)oc1-c1ccc(C(F)(F)F)cc1. The van der Waals surface area contributed by atoms with E-state index in [0.717, 1.165) is 12.1 Å². The van der Waals surface area contributed by atoms with E-state index in [1.54, 1.807) is 6.92 Å². The Balaban J connectivity index is 1.84. The third kappa shape index (κ3) is 3.82. The number of hydrogen-bond donors (Lipinski definition) is 4. The highest BCUT2D eigenvalue weighted by Crippen LogP contribution is 2.33. The van der Waals surface area contributed by atoms with Crippen LogP contribution in [0.15, 0.2) is 46.1 Å². The number of nitrogens with two attached hydrogens (primary N) is 1. The van der Waals surface area contributed by atoms with Gasteiger partial charge < -0.3 is 25.8 Å². The second-order valence-corrected chi connectivity index (χ2v) is 5.71. The van der Waals surface area contributed by atoms with E-state index in [9.17, 15) is 18.3 Å². The number of anilines is 2. The Morgan fingerprint density at radius 3 is 2.50 bits per heavy atom. The molecule has 2 aromatic heterocycles. The number of oxime groups is 1. The number of nitrogens with zero attached hydrogens (tertiary/aromatic N) is 3. The first-order valence-corrected chi connectivity index (χ1v) is 7.78. The first kappa shape index (κ1) is 19.0. The fourth-order valence-electron chi connectivity index (χ4n) is 2.42. The molecule has 11 heteroatoms. The van der Waals surface area contributed by atoms with Crippen LogP contribution in [0.2, 0.25) is 0 Å². The van der Waals surface area contributed by atoms with E-state index in [0.29, 0.717) is 22.7 Å². The van der Waals surface area contributed by atoms with Gasteiger partial charge in [0.25, 0.3) is 6.01 Å². The van der Waals surface area contributed by atoms with Gasteiger partial charge in [0.2, 0.25) is 0 Å². The van der Waals surface area contributed by atoms with E-state index in [4.69, 9.17) is 15.4 Å². The Morgan fingerprint density at radius 1 is 1.25 bits per heavy atom. The largest absolute Gasteiger partial charge is 0.505 e. The van der Waals surface area contributed by atoms with Gasteiger partial charge in [0.1, 0.15) is 5.75 Å². The van der Waals surface area contributed by atoms with E-state index in [2.05, 4.69) is 20.4 Å². The molecule has 0 bridgehead atoms. The molecule has 5 N–H and O–H groups in total. The number of amidine groups is 1. The Labute approximate surface area is 156 Å². The molecular weight excluding hydrogens is 379 g/mol. The molecule has 0 saturated heterocycles. The van der Waals surface area contributed by atoms with Crippen molar-refractivity contribution in [3.05, 3.63) is 53.5 Å². The van der Waals surface area contributed by atoms with E-state index >= 15 is 0 Å². The molecule has 0 aliphatic heterocycles. The molecule has 3 aromatic rings. The van der Waals surface area contributed by atoms with Gasteiger partial charge in [-0.2, -0.15) is 18.2 Å². The number of aromatic nitrogens is 2. The van der Waals surface area contributed by atoms with Crippen molar-refractivity contribution < 1.29 is 27.9 Å². The lowest BCUT2D eigenvalue weighted by Gasteiger charge is -2.07. The Morgan fingerprint density at radius 2 is 1.93 bits per heavy atom. The van der Waals surface area contributed by atoms with Crippen LogP contribution in [0.4, 0.5) is 24.9 Å². The second-order valence-electron chi connectivity index (χ2n) is 5.71. The molecule has 0 atom stereocenters. The van der Waals surface area contributed by atoms with Crippen molar-refractivity contribution in [1.29, 1.82) is 0 Å². The average Bonchev–Trinajstić information content (AvgIpc) is 3.00. The van der Waals surface area contributed by atoms with Gasteiger partial charge in [0.05, 0.1) is 23.1 Å². The summed E-state index contributed by atoms with van der Waals surface area (Å²) in [5.41, 5.74) is 5.68. The summed E-state index contributed by atoms with van der Waals surface area (Å²) in [6, 6.07) is 5.80. The van der Waals surface area contributed by atoms with Crippen molar-refractivity contribution in [1.82, 2.24) is 9.97 Å². The average molecular weight is 393 g/mol. The molecule has 0 aliphatic rings. The number of rotatable bonds is 4. The number of nitrogens with one attached hydrogen (secondary N) is 1. The monoisotopic (exact) mass is 393 g/mol. The number of benzene rings is 1. The molecule has 0 fully saturated rings. The van der Waals surface area contributed by atoms with Crippen LogP contribution in [-0.2, 0) is 6.18 Å². The smallest absolute Gasteiger partial charge is 0.416 e. The predicted octanol–water partition coefficient (Wildman–Crippen LogP) is 3.61. The van der Waals surface area contributed by atoms with E-state index in [1.165, 1.54) is 24.4 Å². The molecule has 3 rings (SSSR count). The summed E-state index contributed by atoms with van der Waals surface area (Å²) in [4.78, 5) is 8.02. The zero-order valence-corrected chi connectivity index (χ0v) is 14.3.